The van der Waals surface area contributed by atoms with E-state index >= 15 is 0 Å². The van der Waals surface area contributed by atoms with Crippen LogP contribution in [0.5, 0.6) is 17.4 Å². The van der Waals surface area contributed by atoms with Gasteiger partial charge in [0.2, 0.25) is 5.88 Å². The first-order chi connectivity index (χ1) is 9.63. The van der Waals surface area contributed by atoms with Crippen LogP contribution in [0.4, 0.5) is 0 Å². The van der Waals surface area contributed by atoms with E-state index in [-0.39, 0.29) is 5.91 Å². The van der Waals surface area contributed by atoms with Gasteiger partial charge < -0.3 is 14.8 Å². The van der Waals surface area contributed by atoms with Gasteiger partial charge in [0.05, 0.1) is 10.7 Å². The van der Waals surface area contributed by atoms with E-state index in [9.17, 15) is 4.79 Å². The van der Waals surface area contributed by atoms with Gasteiger partial charge in [0.1, 0.15) is 11.5 Å². The second-order valence-corrected chi connectivity index (χ2v) is 5.03. The lowest BCUT2D eigenvalue weighted by molar-refractivity contribution is 0.0962. The Kier molecular flexibility index (Phi) is 4.78. The Balaban J connectivity index is 2.36. The lowest BCUT2D eigenvalue weighted by atomic mass is 10.2. The normalized spacial score (nSPS) is 9.95. The summed E-state index contributed by atoms with van der Waals surface area (Å²) in [4.78, 5) is 15.9. The lowest BCUT2D eigenvalue weighted by Crippen LogP contribution is -2.17. The van der Waals surface area contributed by atoms with Crippen molar-refractivity contribution in [2.24, 2.45) is 0 Å². The van der Waals surface area contributed by atoms with Gasteiger partial charge in [-0.25, -0.2) is 4.98 Å². The predicted octanol–water partition coefficient (Wildman–Crippen LogP) is 2.85. The second-order valence-electron chi connectivity index (χ2n) is 3.87. The molecule has 2 rings (SSSR count). The predicted molar refractivity (Wildman–Crippen MR) is 83.4 cm³/mol. The van der Waals surface area contributed by atoms with E-state index in [1.165, 1.54) is 7.11 Å². The number of benzene rings is 1. The number of ether oxygens (including phenoxy) is 2. The van der Waals surface area contributed by atoms with E-state index in [0.717, 1.165) is 3.57 Å². The zero-order chi connectivity index (χ0) is 14.5. The molecule has 0 bridgehead atoms. The molecule has 1 heterocycles. The summed E-state index contributed by atoms with van der Waals surface area (Å²) < 4.78 is 11.8. The van der Waals surface area contributed by atoms with E-state index in [0.29, 0.717) is 22.9 Å². The van der Waals surface area contributed by atoms with Crippen molar-refractivity contribution in [3.8, 4) is 17.4 Å². The van der Waals surface area contributed by atoms with Gasteiger partial charge >= 0.3 is 0 Å². The number of nitrogens with one attached hydrogen (secondary N) is 1. The highest BCUT2D eigenvalue weighted by molar-refractivity contribution is 14.1. The third-order valence-electron chi connectivity index (χ3n) is 2.54. The summed E-state index contributed by atoms with van der Waals surface area (Å²) in [6.07, 6.45) is 1.65. The number of aromatic nitrogens is 1. The molecule has 20 heavy (non-hydrogen) atoms. The van der Waals surface area contributed by atoms with Crippen LogP contribution in [0.2, 0.25) is 0 Å². The molecule has 2 aromatic rings. The van der Waals surface area contributed by atoms with E-state index in [2.05, 4.69) is 32.9 Å². The van der Waals surface area contributed by atoms with E-state index in [1.54, 1.807) is 31.4 Å². The van der Waals surface area contributed by atoms with Crippen LogP contribution in [0.25, 0.3) is 0 Å². The number of hydrogen-bond acceptors (Lipinski definition) is 4. The molecule has 0 aliphatic carbocycles. The molecule has 1 aromatic heterocycles. The molecule has 1 N–H and O–H groups in total. The number of carbonyl (C=O) groups is 1. The van der Waals surface area contributed by atoms with Gasteiger partial charge in [0, 0.05) is 24.9 Å². The summed E-state index contributed by atoms with van der Waals surface area (Å²) in [7, 11) is 3.11. The van der Waals surface area contributed by atoms with E-state index in [1.807, 2.05) is 12.1 Å². The number of pyridine rings is 1. The Hall–Kier alpha value is -1.83. The molecule has 5 nitrogen and oxygen atoms in total. The number of amides is 1. The minimum atomic E-state index is -0.204. The van der Waals surface area contributed by atoms with Gasteiger partial charge in [-0.3, -0.25) is 4.79 Å². The fourth-order valence-electron chi connectivity index (χ4n) is 1.58. The maximum Gasteiger partial charge on any atom is 0.251 e. The summed E-state index contributed by atoms with van der Waals surface area (Å²) in [6.45, 7) is 0. The summed E-state index contributed by atoms with van der Waals surface area (Å²) in [5.41, 5.74) is 0.466. The lowest BCUT2D eigenvalue weighted by Gasteiger charge is -2.10. The maximum atomic E-state index is 11.7. The van der Waals surface area contributed by atoms with Crippen molar-refractivity contribution in [3.63, 3.8) is 0 Å². The highest BCUT2D eigenvalue weighted by Crippen LogP contribution is 2.28. The first-order valence-corrected chi connectivity index (χ1v) is 6.91. The van der Waals surface area contributed by atoms with Crippen LogP contribution in [-0.4, -0.2) is 25.0 Å². The number of carbonyl (C=O) groups excluding carboxylic acids is 1. The van der Waals surface area contributed by atoms with Crippen LogP contribution in [-0.2, 0) is 0 Å². The third kappa shape index (κ3) is 3.38. The van der Waals surface area contributed by atoms with Gasteiger partial charge in [-0.2, -0.15) is 0 Å². The third-order valence-corrected chi connectivity index (χ3v) is 3.37. The highest BCUT2D eigenvalue weighted by Gasteiger charge is 2.10. The molecular formula is C14H13IN2O3. The van der Waals surface area contributed by atoms with Crippen LogP contribution in [0.15, 0.2) is 36.5 Å². The standard InChI is InChI=1S/C14H13IN2O3/c1-16-13(18)9-6-10(19-2)8-11(7-9)20-14-12(15)4-3-5-17-14/h3-8H,1-2H3,(H,16,18). The number of methoxy groups -OCH3 is 1. The van der Waals surface area contributed by atoms with E-state index in [4.69, 9.17) is 9.47 Å². The van der Waals surface area contributed by atoms with Crippen molar-refractivity contribution in [2.45, 2.75) is 0 Å². The highest BCUT2D eigenvalue weighted by atomic mass is 127. The molecule has 0 fully saturated rings. The van der Waals surface area contributed by atoms with Crippen LogP contribution in [0.3, 0.4) is 0 Å². The van der Waals surface area contributed by atoms with Crippen LogP contribution in [0.1, 0.15) is 10.4 Å². The fraction of sp³-hybridized carbons (Fsp3) is 0.143. The Morgan fingerprint density at radius 1 is 1.30 bits per heavy atom. The molecule has 6 heteroatoms. The molecule has 0 spiro atoms. The molecule has 0 atom stereocenters. The smallest absolute Gasteiger partial charge is 0.251 e. The van der Waals surface area contributed by atoms with Crippen molar-refractivity contribution >= 4 is 28.5 Å². The summed E-state index contributed by atoms with van der Waals surface area (Å²) in [5, 5.41) is 2.57. The largest absolute Gasteiger partial charge is 0.497 e. The quantitative estimate of drug-likeness (QED) is 0.824. The Bertz CT molecular complexity index is 632. The molecule has 104 valence electrons. The van der Waals surface area contributed by atoms with Gasteiger partial charge in [-0.05, 0) is 46.9 Å². The first-order valence-electron chi connectivity index (χ1n) is 5.83. The molecule has 1 aromatic carbocycles. The molecule has 0 aliphatic rings. The van der Waals surface area contributed by atoms with Crippen molar-refractivity contribution in [3.05, 3.63) is 45.7 Å². The second kappa shape index (κ2) is 6.56. The minimum absolute atomic E-state index is 0.204. The molecule has 0 saturated heterocycles. The van der Waals surface area contributed by atoms with Crippen molar-refractivity contribution < 1.29 is 14.3 Å². The summed E-state index contributed by atoms with van der Waals surface area (Å²) in [5.74, 6) is 1.33. The van der Waals surface area contributed by atoms with Gasteiger partial charge in [-0.15, -0.1) is 0 Å². The van der Waals surface area contributed by atoms with Crippen LogP contribution >= 0.6 is 22.6 Å². The average molecular weight is 384 g/mol. The first kappa shape index (κ1) is 14.6. The van der Waals surface area contributed by atoms with Gasteiger partial charge in [0.25, 0.3) is 5.91 Å². The van der Waals surface area contributed by atoms with Crippen molar-refractivity contribution in [2.75, 3.05) is 14.2 Å². The molecule has 0 unspecified atom stereocenters. The van der Waals surface area contributed by atoms with E-state index < -0.39 is 0 Å². The molecule has 0 saturated carbocycles. The average Bonchev–Trinajstić information content (AvgIpc) is 2.48. The Morgan fingerprint density at radius 3 is 2.70 bits per heavy atom. The molecule has 0 aliphatic heterocycles. The monoisotopic (exact) mass is 384 g/mol. The summed E-state index contributed by atoms with van der Waals surface area (Å²) in [6, 6.07) is 8.72. The SMILES string of the molecule is CNC(=O)c1cc(OC)cc(Oc2ncccc2I)c1. The molecular weight excluding hydrogens is 371 g/mol. The number of halogens is 1. The molecule has 0 radical (unpaired) electrons. The minimum Gasteiger partial charge on any atom is -0.497 e. The topological polar surface area (TPSA) is 60.5 Å². The Labute approximate surface area is 130 Å². The van der Waals surface area contributed by atoms with Crippen LogP contribution < -0.4 is 14.8 Å². The van der Waals surface area contributed by atoms with Gasteiger partial charge in [-0.1, -0.05) is 0 Å². The number of rotatable bonds is 4. The van der Waals surface area contributed by atoms with Crippen molar-refractivity contribution in [1.82, 2.24) is 10.3 Å². The zero-order valence-electron chi connectivity index (χ0n) is 11.0. The van der Waals surface area contributed by atoms with Gasteiger partial charge in [0.15, 0.2) is 0 Å². The number of nitrogens with zero attached hydrogens (tertiary/aromatic N) is 1. The molecule has 1 amide bonds. The zero-order valence-corrected chi connectivity index (χ0v) is 13.2. The summed E-state index contributed by atoms with van der Waals surface area (Å²) >= 11 is 2.14. The fourth-order valence-corrected chi connectivity index (χ4v) is 2.04. The number of hydrogen-bond donors (Lipinski definition) is 1. The van der Waals surface area contributed by atoms with Crippen molar-refractivity contribution in [1.29, 1.82) is 0 Å². The van der Waals surface area contributed by atoms with Crippen LogP contribution in [0, 0.1) is 3.57 Å². The maximum absolute atomic E-state index is 11.7. The Morgan fingerprint density at radius 2 is 2.05 bits per heavy atom.